The smallest absolute Gasteiger partial charge is 0.170 e. The first-order valence-corrected chi connectivity index (χ1v) is 6.48. The van der Waals surface area contributed by atoms with Crippen molar-refractivity contribution in [2.24, 2.45) is 0 Å². The zero-order valence-corrected chi connectivity index (χ0v) is 13.8. The largest absolute Gasteiger partial charge is 0.399 e. The van der Waals surface area contributed by atoms with Crippen LogP contribution in [-0.4, -0.2) is 11.6 Å². The monoisotopic (exact) mass is 347 g/mol. The number of hydrogen-bond donors (Lipinski definition) is 1. The number of nitrogens with two attached hydrogens (primary N) is 1. The van der Waals surface area contributed by atoms with Gasteiger partial charge in [-0.3, -0.25) is 9.59 Å². The lowest BCUT2D eigenvalue weighted by molar-refractivity contribution is 0.0894. The second-order valence-corrected chi connectivity index (χ2v) is 4.84. The lowest BCUT2D eigenvalue weighted by Crippen LogP contribution is -2.11. The van der Waals surface area contributed by atoms with Crippen LogP contribution < -0.4 is 5.73 Å². The average molecular weight is 348 g/mol. The van der Waals surface area contributed by atoms with Gasteiger partial charge in [0, 0.05) is 16.8 Å². The lowest BCUT2D eigenvalue weighted by atomic mass is 9.95. The van der Waals surface area contributed by atoms with Gasteiger partial charge in [0.05, 0.1) is 6.42 Å². The summed E-state index contributed by atoms with van der Waals surface area (Å²) in [7, 11) is 0. The molecule has 0 radical (unpaired) electrons. The van der Waals surface area contributed by atoms with Crippen LogP contribution in [0.15, 0.2) is 42.5 Å². The maximum absolute atomic E-state index is 12.3. The van der Waals surface area contributed by atoms with Gasteiger partial charge in [-0.25, -0.2) is 0 Å². The molecule has 4 heteroatoms. The summed E-state index contributed by atoms with van der Waals surface area (Å²) in [6.45, 7) is 3.73. The molecule has 0 spiro atoms. The summed E-state index contributed by atoms with van der Waals surface area (Å²) in [5.41, 5.74) is 9.33. The van der Waals surface area contributed by atoms with Crippen LogP contribution in [0.4, 0.5) is 5.69 Å². The molecular formula is C17H18BrNO2. The maximum atomic E-state index is 12.3. The molecule has 2 aromatic carbocycles. The second-order valence-electron chi connectivity index (χ2n) is 4.84. The van der Waals surface area contributed by atoms with E-state index in [0.717, 1.165) is 11.1 Å². The highest BCUT2D eigenvalue weighted by Gasteiger charge is 2.16. The Bertz CT molecular complexity index is 666. The average Bonchev–Trinajstić information content (AvgIpc) is 2.45. The molecule has 2 N–H and O–H groups in total. The fourth-order valence-corrected chi connectivity index (χ4v) is 2.11. The van der Waals surface area contributed by atoms with Crippen molar-refractivity contribution in [3.63, 3.8) is 0 Å². The zero-order valence-electron chi connectivity index (χ0n) is 12.1. The van der Waals surface area contributed by atoms with Crippen molar-refractivity contribution in [2.75, 3.05) is 5.73 Å². The van der Waals surface area contributed by atoms with Crippen LogP contribution in [0.3, 0.4) is 0 Å². The van der Waals surface area contributed by atoms with Crippen LogP contribution in [0.25, 0.3) is 0 Å². The molecular weight excluding hydrogens is 330 g/mol. The van der Waals surface area contributed by atoms with E-state index < -0.39 is 0 Å². The molecule has 0 aliphatic rings. The summed E-state index contributed by atoms with van der Waals surface area (Å²) >= 11 is 0. The summed E-state index contributed by atoms with van der Waals surface area (Å²) in [5.74, 6) is -0.330. The zero-order chi connectivity index (χ0) is 14.7. The first-order chi connectivity index (χ1) is 9.50. The number of carbonyl (C=O) groups excluding carboxylic acids is 2. The highest BCUT2D eigenvalue weighted by atomic mass is 79.9. The number of carbonyl (C=O) groups is 2. The van der Waals surface area contributed by atoms with E-state index in [1.807, 2.05) is 19.9 Å². The fourth-order valence-electron chi connectivity index (χ4n) is 2.11. The first kappa shape index (κ1) is 17.1. The predicted molar refractivity (Wildman–Crippen MR) is 90.4 cm³/mol. The molecule has 110 valence electrons. The van der Waals surface area contributed by atoms with Gasteiger partial charge in [-0.2, -0.15) is 0 Å². The number of benzene rings is 2. The van der Waals surface area contributed by atoms with Crippen molar-refractivity contribution < 1.29 is 9.59 Å². The van der Waals surface area contributed by atoms with Crippen LogP contribution in [0.5, 0.6) is 0 Å². The summed E-state index contributed by atoms with van der Waals surface area (Å²) in [6, 6.07) is 12.3. The predicted octanol–water partition coefficient (Wildman–Crippen LogP) is 3.92. The van der Waals surface area contributed by atoms with E-state index in [1.54, 1.807) is 36.4 Å². The van der Waals surface area contributed by atoms with Crippen LogP contribution in [0.2, 0.25) is 0 Å². The molecule has 0 aromatic heterocycles. The Kier molecular flexibility index (Phi) is 5.85. The molecule has 0 saturated carbocycles. The third-order valence-corrected chi connectivity index (χ3v) is 3.55. The minimum Gasteiger partial charge on any atom is -0.399 e. The molecule has 0 aliphatic carbocycles. The Balaban J connectivity index is 0.00000220. The molecule has 2 aromatic rings. The number of rotatable bonds is 4. The molecule has 2 rings (SSSR count). The molecule has 0 aliphatic heterocycles. The van der Waals surface area contributed by atoms with E-state index in [2.05, 4.69) is 0 Å². The van der Waals surface area contributed by atoms with Crippen LogP contribution >= 0.6 is 17.0 Å². The van der Waals surface area contributed by atoms with Crippen molar-refractivity contribution in [2.45, 2.75) is 20.3 Å². The molecule has 21 heavy (non-hydrogen) atoms. The van der Waals surface area contributed by atoms with E-state index in [0.29, 0.717) is 16.8 Å². The number of hydrogen-bond acceptors (Lipinski definition) is 3. The molecule has 0 atom stereocenters. The standard InChI is InChI=1S/C17H17NO2.BrH/c1-11-12(2)15(18)9-8-14(11)17(20)10-16(19)13-6-4-3-5-7-13;/h3-9H,10,18H2,1-2H3;1H. The number of halogens is 1. The first-order valence-electron chi connectivity index (χ1n) is 6.48. The van der Waals surface area contributed by atoms with Crippen molar-refractivity contribution in [3.05, 3.63) is 64.7 Å². The van der Waals surface area contributed by atoms with Crippen LogP contribution in [0.1, 0.15) is 38.3 Å². The minimum atomic E-state index is -0.167. The quantitative estimate of drug-likeness (QED) is 0.518. The van der Waals surface area contributed by atoms with Gasteiger partial charge >= 0.3 is 0 Å². The Morgan fingerprint density at radius 2 is 1.52 bits per heavy atom. The molecule has 0 fully saturated rings. The second kappa shape index (κ2) is 7.18. The summed E-state index contributed by atoms with van der Waals surface area (Å²) in [6.07, 6.45) is -0.117. The fraction of sp³-hybridized carbons (Fsp3) is 0.176. The van der Waals surface area contributed by atoms with Gasteiger partial charge in [0.2, 0.25) is 0 Å². The van der Waals surface area contributed by atoms with Crippen molar-refractivity contribution in [1.82, 2.24) is 0 Å². The number of anilines is 1. The number of nitrogen functional groups attached to an aromatic ring is 1. The van der Waals surface area contributed by atoms with E-state index in [9.17, 15) is 9.59 Å². The highest BCUT2D eigenvalue weighted by Crippen LogP contribution is 2.21. The van der Waals surface area contributed by atoms with Gasteiger partial charge < -0.3 is 5.73 Å². The minimum absolute atomic E-state index is 0. The Morgan fingerprint density at radius 3 is 2.14 bits per heavy atom. The van der Waals surface area contributed by atoms with Gasteiger partial charge in [-0.1, -0.05) is 30.3 Å². The third-order valence-electron chi connectivity index (χ3n) is 3.55. The van der Waals surface area contributed by atoms with Gasteiger partial charge in [0.15, 0.2) is 11.6 Å². The van der Waals surface area contributed by atoms with E-state index >= 15 is 0 Å². The summed E-state index contributed by atoms with van der Waals surface area (Å²) in [4.78, 5) is 24.3. The Hall–Kier alpha value is -1.94. The van der Waals surface area contributed by atoms with Gasteiger partial charge in [0.25, 0.3) is 0 Å². The normalized spacial score (nSPS) is 9.81. The van der Waals surface area contributed by atoms with Crippen molar-refractivity contribution >= 4 is 34.2 Å². The van der Waals surface area contributed by atoms with E-state index in [-0.39, 0.29) is 35.0 Å². The number of Topliss-reactive ketones (excluding diaryl/α,β-unsaturated/α-hetero) is 2. The van der Waals surface area contributed by atoms with Gasteiger partial charge in [-0.05, 0) is 37.1 Å². The number of ketones is 2. The van der Waals surface area contributed by atoms with Crippen LogP contribution in [-0.2, 0) is 0 Å². The Morgan fingerprint density at radius 1 is 0.905 bits per heavy atom. The van der Waals surface area contributed by atoms with Crippen LogP contribution in [0, 0.1) is 13.8 Å². The lowest BCUT2D eigenvalue weighted by Gasteiger charge is -2.10. The highest BCUT2D eigenvalue weighted by molar-refractivity contribution is 8.93. The molecule has 0 unspecified atom stereocenters. The Labute approximate surface area is 134 Å². The topological polar surface area (TPSA) is 60.2 Å². The SMILES string of the molecule is Br.Cc1c(N)ccc(C(=O)CC(=O)c2ccccc2)c1C. The van der Waals surface area contributed by atoms with Gasteiger partial charge in [0.1, 0.15) is 0 Å². The summed E-state index contributed by atoms with van der Waals surface area (Å²) in [5, 5.41) is 0. The summed E-state index contributed by atoms with van der Waals surface area (Å²) < 4.78 is 0. The molecule has 0 bridgehead atoms. The molecule has 0 saturated heterocycles. The molecule has 0 heterocycles. The molecule has 0 amide bonds. The van der Waals surface area contributed by atoms with E-state index in [1.165, 1.54) is 0 Å². The van der Waals surface area contributed by atoms with E-state index in [4.69, 9.17) is 5.73 Å². The molecule has 3 nitrogen and oxygen atoms in total. The maximum Gasteiger partial charge on any atom is 0.170 e. The van der Waals surface area contributed by atoms with Gasteiger partial charge in [-0.15, -0.1) is 17.0 Å². The van der Waals surface area contributed by atoms with Crippen molar-refractivity contribution in [3.8, 4) is 0 Å². The third kappa shape index (κ3) is 3.79. The van der Waals surface area contributed by atoms with Crippen molar-refractivity contribution in [1.29, 1.82) is 0 Å².